The van der Waals surface area contributed by atoms with Crippen molar-refractivity contribution >= 4 is 40.7 Å². The monoisotopic (exact) mass is 301 g/mol. The fraction of sp³-hybridized carbons (Fsp3) is 0.0769. The lowest BCUT2D eigenvalue weighted by Gasteiger charge is -2.06. The largest absolute Gasteiger partial charge is 0.399 e. The number of halogens is 3. The molecule has 0 heterocycles. The molecule has 0 saturated heterocycles. The Labute approximate surface area is 119 Å². The Morgan fingerprint density at radius 2 is 1.83 bits per heavy atom. The number of nitrogen functional groups attached to an aromatic ring is 1. The molecule has 0 saturated carbocycles. The molecule has 0 unspecified atom stereocenters. The minimum absolute atomic E-state index is 0.134. The Morgan fingerprint density at radius 1 is 1.06 bits per heavy atom. The van der Waals surface area contributed by atoms with E-state index in [1.807, 2.05) is 6.07 Å². The molecular weight excluding hydrogens is 292 g/mol. The maximum Gasteiger partial charge on any atom is 0.142 e. The second kappa shape index (κ2) is 5.83. The normalized spacial score (nSPS) is 10.6. The van der Waals surface area contributed by atoms with E-state index in [1.54, 1.807) is 24.3 Å². The van der Waals surface area contributed by atoms with Gasteiger partial charge in [-0.1, -0.05) is 29.3 Å². The van der Waals surface area contributed by atoms with Crippen LogP contribution in [0.15, 0.2) is 41.3 Å². The molecular formula is C13H10Cl2FNS. The van der Waals surface area contributed by atoms with Crippen molar-refractivity contribution in [1.82, 2.24) is 0 Å². The van der Waals surface area contributed by atoms with Gasteiger partial charge in [0, 0.05) is 16.3 Å². The van der Waals surface area contributed by atoms with Crippen LogP contribution in [0.25, 0.3) is 0 Å². The highest BCUT2D eigenvalue weighted by Crippen LogP contribution is 2.31. The number of hydrogen-bond donors (Lipinski definition) is 1. The summed E-state index contributed by atoms with van der Waals surface area (Å²) in [6.07, 6.45) is 0. The van der Waals surface area contributed by atoms with Crippen LogP contribution in [0.3, 0.4) is 0 Å². The average Bonchev–Trinajstić information content (AvgIpc) is 2.32. The lowest BCUT2D eigenvalue weighted by molar-refractivity contribution is 0.627. The van der Waals surface area contributed by atoms with Gasteiger partial charge in [-0.15, -0.1) is 11.8 Å². The smallest absolute Gasteiger partial charge is 0.142 e. The summed E-state index contributed by atoms with van der Waals surface area (Å²) >= 11 is 13.2. The molecule has 2 aromatic rings. The van der Waals surface area contributed by atoms with Crippen molar-refractivity contribution in [2.24, 2.45) is 0 Å². The quantitative estimate of drug-likeness (QED) is 0.637. The van der Waals surface area contributed by atoms with Crippen LogP contribution >= 0.6 is 35.0 Å². The maximum atomic E-state index is 13.3. The zero-order valence-electron chi connectivity index (χ0n) is 9.29. The molecule has 0 aromatic heterocycles. The second-order valence-corrected chi connectivity index (χ2v) is 5.56. The number of thioether (sulfide) groups is 1. The van der Waals surface area contributed by atoms with E-state index in [0.29, 0.717) is 16.5 Å². The summed E-state index contributed by atoms with van der Waals surface area (Å²) < 4.78 is 13.3. The van der Waals surface area contributed by atoms with E-state index < -0.39 is 5.82 Å². The molecule has 0 aliphatic heterocycles. The van der Waals surface area contributed by atoms with Crippen LogP contribution in [0.2, 0.25) is 10.0 Å². The summed E-state index contributed by atoms with van der Waals surface area (Å²) in [6, 6.07) is 10.1. The molecule has 18 heavy (non-hydrogen) atoms. The molecule has 0 aliphatic rings. The number of rotatable bonds is 3. The van der Waals surface area contributed by atoms with Crippen molar-refractivity contribution in [3.8, 4) is 0 Å². The van der Waals surface area contributed by atoms with E-state index in [9.17, 15) is 4.39 Å². The predicted molar refractivity (Wildman–Crippen MR) is 76.8 cm³/mol. The Balaban J connectivity index is 2.09. The van der Waals surface area contributed by atoms with E-state index in [1.165, 1.54) is 17.8 Å². The maximum absolute atomic E-state index is 13.3. The van der Waals surface area contributed by atoms with E-state index >= 15 is 0 Å². The van der Waals surface area contributed by atoms with Gasteiger partial charge in [0.1, 0.15) is 5.82 Å². The Morgan fingerprint density at radius 3 is 2.50 bits per heavy atom. The van der Waals surface area contributed by atoms with Crippen LogP contribution < -0.4 is 5.73 Å². The van der Waals surface area contributed by atoms with Gasteiger partial charge < -0.3 is 5.73 Å². The predicted octanol–water partition coefficient (Wildman–Crippen LogP) is 5.01. The Kier molecular flexibility index (Phi) is 4.38. The fourth-order valence-electron chi connectivity index (χ4n) is 1.42. The third-order valence-electron chi connectivity index (χ3n) is 2.33. The third kappa shape index (κ3) is 3.31. The van der Waals surface area contributed by atoms with Crippen molar-refractivity contribution in [3.05, 3.63) is 57.8 Å². The van der Waals surface area contributed by atoms with Crippen LogP contribution in [0.5, 0.6) is 0 Å². The van der Waals surface area contributed by atoms with Crippen LogP contribution in [-0.4, -0.2) is 0 Å². The van der Waals surface area contributed by atoms with Gasteiger partial charge in [0.05, 0.1) is 10.0 Å². The molecule has 1 nitrogen and oxygen atoms in total. The molecule has 0 fully saturated rings. The number of hydrogen-bond acceptors (Lipinski definition) is 2. The molecule has 2 rings (SSSR count). The highest BCUT2D eigenvalue weighted by Gasteiger charge is 2.04. The summed E-state index contributed by atoms with van der Waals surface area (Å²) in [5.41, 5.74) is 7.10. The summed E-state index contributed by atoms with van der Waals surface area (Å²) in [7, 11) is 0. The molecule has 2 aromatic carbocycles. The average molecular weight is 302 g/mol. The topological polar surface area (TPSA) is 26.0 Å². The van der Waals surface area contributed by atoms with Gasteiger partial charge in [-0.05, 0) is 35.9 Å². The van der Waals surface area contributed by atoms with E-state index in [-0.39, 0.29) is 5.02 Å². The molecule has 5 heteroatoms. The van der Waals surface area contributed by atoms with Crippen molar-refractivity contribution < 1.29 is 4.39 Å². The summed E-state index contributed by atoms with van der Waals surface area (Å²) in [6.45, 7) is 0. The van der Waals surface area contributed by atoms with Gasteiger partial charge >= 0.3 is 0 Å². The van der Waals surface area contributed by atoms with E-state index in [0.717, 1.165) is 10.5 Å². The van der Waals surface area contributed by atoms with Gasteiger partial charge in [-0.2, -0.15) is 0 Å². The number of nitrogens with two attached hydrogens (primary N) is 1. The minimum atomic E-state index is -0.404. The van der Waals surface area contributed by atoms with E-state index in [2.05, 4.69) is 0 Å². The van der Waals surface area contributed by atoms with Crippen LogP contribution in [0.1, 0.15) is 5.56 Å². The van der Waals surface area contributed by atoms with Crippen molar-refractivity contribution in [2.45, 2.75) is 10.6 Å². The molecule has 0 bridgehead atoms. The lowest BCUT2D eigenvalue weighted by Crippen LogP contribution is -1.87. The molecule has 0 spiro atoms. The molecule has 0 amide bonds. The van der Waals surface area contributed by atoms with Gasteiger partial charge in [-0.3, -0.25) is 0 Å². The van der Waals surface area contributed by atoms with Crippen molar-refractivity contribution in [3.63, 3.8) is 0 Å². The standard InChI is InChI=1S/C13H10Cl2FNS/c14-10-3-1-8(5-12(10)16)7-18-13-4-2-9(17)6-11(13)15/h1-6H,7,17H2. The zero-order valence-corrected chi connectivity index (χ0v) is 11.6. The van der Waals surface area contributed by atoms with Gasteiger partial charge in [0.25, 0.3) is 0 Å². The molecule has 94 valence electrons. The van der Waals surface area contributed by atoms with Gasteiger partial charge in [-0.25, -0.2) is 4.39 Å². The zero-order chi connectivity index (χ0) is 13.1. The fourth-order valence-corrected chi connectivity index (χ4v) is 2.76. The highest BCUT2D eigenvalue weighted by atomic mass is 35.5. The van der Waals surface area contributed by atoms with Crippen LogP contribution in [0.4, 0.5) is 10.1 Å². The molecule has 2 N–H and O–H groups in total. The van der Waals surface area contributed by atoms with E-state index in [4.69, 9.17) is 28.9 Å². The second-order valence-electron chi connectivity index (χ2n) is 3.73. The summed E-state index contributed by atoms with van der Waals surface area (Å²) in [5, 5.41) is 0.740. The number of anilines is 1. The Bertz CT molecular complexity index is 575. The summed E-state index contributed by atoms with van der Waals surface area (Å²) in [5.74, 6) is 0.218. The molecule has 0 aliphatic carbocycles. The first kappa shape index (κ1) is 13.5. The van der Waals surface area contributed by atoms with Crippen LogP contribution in [-0.2, 0) is 5.75 Å². The SMILES string of the molecule is Nc1ccc(SCc2ccc(Cl)c(F)c2)c(Cl)c1. The van der Waals surface area contributed by atoms with Gasteiger partial charge in [0.2, 0.25) is 0 Å². The van der Waals surface area contributed by atoms with Crippen molar-refractivity contribution in [2.75, 3.05) is 5.73 Å². The Hall–Kier alpha value is -0.900. The molecule has 0 radical (unpaired) electrons. The highest BCUT2D eigenvalue weighted by molar-refractivity contribution is 7.98. The number of benzene rings is 2. The molecule has 0 atom stereocenters. The van der Waals surface area contributed by atoms with Crippen LogP contribution in [0, 0.1) is 5.82 Å². The van der Waals surface area contributed by atoms with Gasteiger partial charge in [0.15, 0.2) is 0 Å². The lowest BCUT2D eigenvalue weighted by atomic mass is 10.2. The first-order valence-corrected chi connectivity index (χ1v) is 6.92. The summed E-state index contributed by atoms with van der Waals surface area (Å²) in [4.78, 5) is 0.918. The first-order chi connectivity index (χ1) is 8.56. The third-order valence-corrected chi connectivity index (χ3v) is 4.21. The van der Waals surface area contributed by atoms with Crippen molar-refractivity contribution in [1.29, 1.82) is 0 Å². The minimum Gasteiger partial charge on any atom is -0.399 e. The first-order valence-electron chi connectivity index (χ1n) is 5.18.